The number of benzene rings is 2. The number of aliphatic hydroxyl groups is 3. The zero-order valence-electron chi connectivity index (χ0n) is 18.2. The van der Waals surface area contributed by atoms with Gasteiger partial charge in [0.1, 0.15) is 65.4 Å². The molecule has 3 aromatic rings. The van der Waals surface area contributed by atoms with Crippen LogP contribution in [0.15, 0.2) is 39.5 Å². The zero-order chi connectivity index (χ0) is 25.6. The number of aromatic hydroxyl groups is 4. The highest BCUT2D eigenvalue weighted by molar-refractivity contribution is 5.88. The van der Waals surface area contributed by atoms with E-state index in [1.165, 1.54) is 12.1 Å². The zero-order valence-corrected chi connectivity index (χ0v) is 18.2. The van der Waals surface area contributed by atoms with Crippen LogP contribution in [0.3, 0.4) is 0 Å². The quantitative estimate of drug-likeness (QED) is 0.195. The molecular formula is C23H22O12. The minimum Gasteiger partial charge on any atom is -0.507 e. The van der Waals surface area contributed by atoms with Crippen molar-refractivity contribution in [2.45, 2.75) is 37.4 Å². The number of rotatable bonds is 4. The highest BCUT2D eigenvalue weighted by Gasteiger charge is 2.46. The van der Waals surface area contributed by atoms with Gasteiger partial charge in [-0.05, 0) is 18.2 Å². The fourth-order valence-corrected chi connectivity index (χ4v) is 3.93. The average Bonchev–Trinajstić information content (AvgIpc) is 2.79. The summed E-state index contributed by atoms with van der Waals surface area (Å²) in [7, 11) is 0. The molecule has 35 heavy (non-hydrogen) atoms. The molecule has 0 radical (unpaired) electrons. The van der Waals surface area contributed by atoms with Gasteiger partial charge in [0.15, 0.2) is 16.9 Å². The first-order valence-corrected chi connectivity index (χ1v) is 10.4. The third-order valence-corrected chi connectivity index (χ3v) is 5.72. The van der Waals surface area contributed by atoms with E-state index in [9.17, 15) is 45.3 Å². The van der Waals surface area contributed by atoms with E-state index in [1.807, 2.05) is 0 Å². The number of carbonyl (C=O) groups excluding carboxylic acids is 1. The van der Waals surface area contributed by atoms with E-state index in [1.54, 1.807) is 0 Å². The fourth-order valence-electron chi connectivity index (χ4n) is 3.93. The second-order valence-corrected chi connectivity index (χ2v) is 8.08. The number of phenolic OH excluding ortho intramolecular Hbond substituents is 4. The fraction of sp³-hybridized carbons (Fsp3) is 0.304. The molecule has 12 heteroatoms. The number of aliphatic hydroxyl groups excluding tert-OH is 3. The van der Waals surface area contributed by atoms with E-state index in [-0.39, 0.29) is 28.0 Å². The lowest BCUT2D eigenvalue weighted by atomic mass is 9.89. The van der Waals surface area contributed by atoms with Crippen LogP contribution in [0.5, 0.6) is 23.0 Å². The number of fused-ring (bicyclic) bond motifs is 1. The van der Waals surface area contributed by atoms with Crippen LogP contribution in [0.4, 0.5) is 0 Å². The van der Waals surface area contributed by atoms with Gasteiger partial charge in [-0.3, -0.25) is 9.59 Å². The molecular weight excluding hydrogens is 468 g/mol. The summed E-state index contributed by atoms with van der Waals surface area (Å²) in [6.45, 7) is 0.628. The Bertz CT molecular complexity index is 1350. The van der Waals surface area contributed by atoms with E-state index in [4.69, 9.17) is 13.9 Å². The first kappa shape index (κ1) is 24.3. The van der Waals surface area contributed by atoms with Crippen LogP contribution in [0, 0.1) is 0 Å². The monoisotopic (exact) mass is 490 g/mol. The Balaban J connectivity index is 1.80. The summed E-state index contributed by atoms with van der Waals surface area (Å²) in [5, 5.41) is 71.2. The third kappa shape index (κ3) is 4.35. The van der Waals surface area contributed by atoms with Crippen LogP contribution in [0.2, 0.25) is 0 Å². The van der Waals surface area contributed by atoms with Crippen LogP contribution >= 0.6 is 0 Å². The molecule has 5 atom stereocenters. The Labute approximate surface area is 196 Å². The van der Waals surface area contributed by atoms with Gasteiger partial charge >= 0.3 is 5.97 Å². The van der Waals surface area contributed by atoms with Crippen molar-refractivity contribution < 1.29 is 54.4 Å². The molecule has 1 fully saturated rings. The lowest BCUT2D eigenvalue weighted by Crippen LogP contribution is -2.55. The Morgan fingerprint density at radius 1 is 0.943 bits per heavy atom. The second-order valence-electron chi connectivity index (χ2n) is 8.08. The summed E-state index contributed by atoms with van der Waals surface area (Å²) in [6, 6.07) is 5.70. The molecule has 186 valence electrons. The summed E-state index contributed by atoms with van der Waals surface area (Å²) >= 11 is 0. The van der Waals surface area contributed by atoms with Crippen LogP contribution in [0.25, 0.3) is 22.3 Å². The second kappa shape index (κ2) is 9.07. The first-order chi connectivity index (χ1) is 16.5. The van der Waals surface area contributed by atoms with Gasteiger partial charge in [-0.25, -0.2) is 0 Å². The van der Waals surface area contributed by atoms with Crippen molar-refractivity contribution in [1.82, 2.24) is 0 Å². The maximum atomic E-state index is 12.9. The standard InChI is InChI=1S/C23H22O12/c1-8(24)33-7-16-19(29)21(31)22(32)23(35-16)18-13(28)6-15-17(20(18)30)12(27)5-14(34-15)9-2-3-10(25)11(26)4-9/h2-6,16,19,21-23,25-26,28-32H,7H2,1H3/t16?,19-,21+,22?,23+/m1/s1. The predicted octanol–water partition coefficient (Wildman–Crippen LogP) is 0.368. The predicted molar refractivity (Wildman–Crippen MR) is 117 cm³/mol. The van der Waals surface area contributed by atoms with E-state index in [0.717, 1.165) is 25.1 Å². The lowest BCUT2D eigenvalue weighted by Gasteiger charge is -2.40. The van der Waals surface area contributed by atoms with Gasteiger partial charge in [0.25, 0.3) is 0 Å². The maximum Gasteiger partial charge on any atom is 0.302 e. The number of hydrogen-bond donors (Lipinski definition) is 7. The van der Waals surface area contributed by atoms with Gasteiger partial charge in [-0.15, -0.1) is 0 Å². The molecule has 0 saturated carbocycles. The van der Waals surface area contributed by atoms with Crippen LogP contribution in [-0.4, -0.2) is 72.7 Å². The van der Waals surface area contributed by atoms with Gasteiger partial charge in [-0.1, -0.05) is 0 Å². The normalized spacial score (nSPS) is 24.4. The van der Waals surface area contributed by atoms with Gasteiger partial charge < -0.3 is 49.6 Å². The number of carbonyl (C=O) groups is 1. The summed E-state index contributed by atoms with van der Waals surface area (Å²) in [4.78, 5) is 24.0. The molecule has 1 aromatic heterocycles. The van der Waals surface area contributed by atoms with E-state index in [0.29, 0.717) is 0 Å². The van der Waals surface area contributed by atoms with E-state index < -0.39 is 71.3 Å². The maximum absolute atomic E-state index is 12.9. The minimum absolute atomic E-state index is 0.0432. The number of ether oxygens (including phenoxy) is 2. The first-order valence-electron chi connectivity index (χ1n) is 10.4. The Morgan fingerprint density at radius 3 is 2.31 bits per heavy atom. The lowest BCUT2D eigenvalue weighted by molar-refractivity contribution is -0.234. The average molecular weight is 490 g/mol. The minimum atomic E-state index is -1.83. The summed E-state index contributed by atoms with van der Waals surface area (Å²) in [6.07, 6.45) is -8.23. The largest absolute Gasteiger partial charge is 0.507 e. The van der Waals surface area contributed by atoms with Crippen molar-refractivity contribution in [2.24, 2.45) is 0 Å². The van der Waals surface area contributed by atoms with Crippen LogP contribution < -0.4 is 5.43 Å². The van der Waals surface area contributed by atoms with E-state index in [2.05, 4.69) is 0 Å². The molecule has 1 aliphatic heterocycles. The molecule has 0 spiro atoms. The summed E-state index contributed by atoms with van der Waals surface area (Å²) < 4.78 is 16.0. The molecule has 1 aliphatic rings. The van der Waals surface area contributed by atoms with Crippen molar-refractivity contribution in [3.05, 3.63) is 46.1 Å². The highest BCUT2D eigenvalue weighted by atomic mass is 16.6. The van der Waals surface area contributed by atoms with Crippen molar-refractivity contribution in [1.29, 1.82) is 0 Å². The molecule has 1 saturated heterocycles. The van der Waals surface area contributed by atoms with Crippen molar-refractivity contribution in [3.8, 4) is 34.3 Å². The van der Waals surface area contributed by atoms with Crippen molar-refractivity contribution >= 4 is 16.9 Å². The molecule has 0 amide bonds. The highest BCUT2D eigenvalue weighted by Crippen LogP contribution is 2.44. The summed E-state index contributed by atoms with van der Waals surface area (Å²) in [5.41, 5.74) is -1.24. The van der Waals surface area contributed by atoms with Gasteiger partial charge in [0.05, 0.1) is 5.56 Å². The third-order valence-electron chi connectivity index (χ3n) is 5.72. The number of phenols is 4. The Morgan fingerprint density at radius 2 is 1.66 bits per heavy atom. The van der Waals surface area contributed by atoms with E-state index >= 15 is 0 Å². The van der Waals surface area contributed by atoms with Gasteiger partial charge in [0, 0.05) is 24.6 Å². The Kier molecular flexibility index (Phi) is 6.30. The molecule has 2 heterocycles. The van der Waals surface area contributed by atoms with Crippen molar-refractivity contribution in [3.63, 3.8) is 0 Å². The molecule has 7 N–H and O–H groups in total. The van der Waals surface area contributed by atoms with Gasteiger partial charge in [0.2, 0.25) is 0 Å². The molecule has 12 nitrogen and oxygen atoms in total. The smallest absolute Gasteiger partial charge is 0.302 e. The van der Waals surface area contributed by atoms with Crippen molar-refractivity contribution in [2.75, 3.05) is 6.61 Å². The van der Waals surface area contributed by atoms with Crippen LogP contribution in [-0.2, 0) is 14.3 Å². The molecule has 2 unspecified atom stereocenters. The Hall–Kier alpha value is -3.84. The number of hydrogen-bond acceptors (Lipinski definition) is 12. The topological polar surface area (TPSA) is 207 Å². The molecule has 4 rings (SSSR count). The SMILES string of the molecule is CC(=O)OCC1O[C@@H](c2c(O)cc3oc(-c4ccc(O)c(O)c4)cc(=O)c3c2O)C(O)[C@@H](O)[C@@H]1O. The molecule has 2 aromatic carbocycles. The number of esters is 1. The molecule has 0 aliphatic carbocycles. The molecule has 0 bridgehead atoms. The van der Waals surface area contributed by atoms with Gasteiger partial charge in [-0.2, -0.15) is 0 Å². The summed E-state index contributed by atoms with van der Waals surface area (Å²) in [5.74, 6) is -3.04. The van der Waals surface area contributed by atoms with Crippen LogP contribution in [0.1, 0.15) is 18.6 Å².